The number of carbonyl (C=O) groups is 3. The van der Waals surface area contributed by atoms with E-state index in [9.17, 15) is 14.4 Å². The van der Waals surface area contributed by atoms with Crippen LogP contribution in [-0.4, -0.2) is 37.2 Å². The van der Waals surface area contributed by atoms with Crippen LogP contribution in [0.3, 0.4) is 0 Å². The minimum atomic E-state index is -0.801. The lowest BCUT2D eigenvalue weighted by Crippen LogP contribution is -2.30. The minimum Gasteiger partial charge on any atom is -0.462 e. The highest BCUT2D eigenvalue weighted by Gasteiger charge is 2.19. The van der Waals surface area contributed by atoms with Gasteiger partial charge < -0.3 is 14.2 Å². The zero-order valence-electron chi connectivity index (χ0n) is 51.1. The second-order valence-corrected chi connectivity index (χ2v) is 20.9. The van der Waals surface area contributed by atoms with E-state index in [-0.39, 0.29) is 31.1 Å². The normalized spacial score (nSPS) is 13.1. The number of hydrogen-bond acceptors (Lipinski definition) is 6. The molecule has 0 fully saturated rings. The molecule has 1 unspecified atom stereocenters. The number of carbonyl (C=O) groups excluding carboxylic acids is 3. The Morgan fingerprint density at radius 3 is 0.785 bits per heavy atom. The van der Waals surface area contributed by atoms with Crippen molar-refractivity contribution >= 4 is 17.9 Å². The topological polar surface area (TPSA) is 78.9 Å². The fraction of sp³-hybridized carbons (Fsp3) is 0.630. The molecule has 0 aliphatic rings. The van der Waals surface area contributed by atoms with E-state index < -0.39 is 6.10 Å². The maximum Gasteiger partial charge on any atom is 0.306 e. The van der Waals surface area contributed by atoms with E-state index in [2.05, 4.69) is 167 Å². The molecular weight excluding hydrogens is 973 g/mol. The first-order chi connectivity index (χ1) is 39.0. The van der Waals surface area contributed by atoms with Crippen LogP contribution in [0.15, 0.2) is 146 Å². The fourth-order valence-electron chi connectivity index (χ4n) is 8.46. The average molecular weight is 1090 g/mol. The average Bonchev–Trinajstić information content (AvgIpc) is 3.45. The molecule has 79 heavy (non-hydrogen) atoms. The van der Waals surface area contributed by atoms with Crippen molar-refractivity contribution in [3.8, 4) is 0 Å². The van der Waals surface area contributed by atoms with Crippen LogP contribution in [0.25, 0.3) is 0 Å². The van der Waals surface area contributed by atoms with Gasteiger partial charge in [0, 0.05) is 19.3 Å². The van der Waals surface area contributed by atoms with Crippen LogP contribution in [0.1, 0.15) is 278 Å². The third-order valence-electron chi connectivity index (χ3n) is 13.3. The van der Waals surface area contributed by atoms with Crippen molar-refractivity contribution in [2.24, 2.45) is 0 Å². The lowest BCUT2D eigenvalue weighted by Gasteiger charge is -2.18. The van der Waals surface area contributed by atoms with Crippen molar-refractivity contribution < 1.29 is 28.6 Å². The van der Waals surface area contributed by atoms with Crippen LogP contribution in [0.5, 0.6) is 0 Å². The van der Waals surface area contributed by atoms with E-state index >= 15 is 0 Å². The largest absolute Gasteiger partial charge is 0.462 e. The van der Waals surface area contributed by atoms with E-state index in [1.165, 1.54) is 77.0 Å². The summed E-state index contributed by atoms with van der Waals surface area (Å²) in [4.78, 5) is 38.2. The Morgan fingerprint density at radius 2 is 0.494 bits per heavy atom. The van der Waals surface area contributed by atoms with E-state index in [1.54, 1.807) is 0 Å². The molecule has 6 nitrogen and oxygen atoms in total. The second-order valence-electron chi connectivity index (χ2n) is 20.9. The molecule has 0 radical (unpaired) electrons. The molecule has 0 aliphatic heterocycles. The van der Waals surface area contributed by atoms with Crippen molar-refractivity contribution in [2.45, 2.75) is 284 Å². The molecule has 0 aromatic heterocycles. The summed E-state index contributed by atoms with van der Waals surface area (Å²) in [5.41, 5.74) is 0. The van der Waals surface area contributed by atoms with Crippen LogP contribution in [0.4, 0.5) is 0 Å². The van der Waals surface area contributed by atoms with Crippen LogP contribution in [-0.2, 0) is 28.6 Å². The molecule has 0 aromatic carbocycles. The number of ether oxygens (including phenoxy) is 3. The molecule has 0 saturated carbocycles. The SMILES string of the molecule is CC/C=C\C/C=C\C/C=C\C/C=C\C/C=C\C/C=C\C/C=C\C/C=C\C/C=C\C/C=C\CCCCCCC(=O)OCC(COC(=O)CCCCCCC/C=C\CCCCCC)OC(=O)CCCCCCC/C=C\CCCCCC. The van der Waals surface area contributed by atoms with E-state index in [4.69, 9.17) is 14.2 Å². The lowest BCUT2D eigenvalue weighted by molar-refractivity contribution is -0.167. The Morgan fingerprint density at radius 1 is 0.266 bits per heavy atom. The number of unbranched alkanes of at least 4 members (excludes halogenated alkanes) is 22. The van der Waals surface area contributed by atoms with Crippen LogP contribution in [0.2, 0.25) is 0 Å². The van der Waals surface area contributed by atoms with Gasteiger partial charge in [-0.3, -0.25) is 14.4 Å². The van der Waals surface area contributed by atoms with Gasteiger partial charge in [0.05, 0.1) is 0 Å². The molecule has 0 N–H and O–H groups in total. The maximum atomic E-state index is 12.8. The van der Waals surface area contributed by atoms with Gasteiger partial charge in [0.15, 0.2) is 6.10 Å². The summed E-state index contributed by atoms with van der Waals surface area (Å²) in [5.74, 6) is -0.942. The van der Waals surface area contributed by atoms with Crippen LogP contribution >= 0.6 is 0 Å². The van der Waals surface area contributed by atoms with E-state index in [0.717, 1.165) is 161 Å². The maximum absolute atomic E-state index is 12.8. The van der Waals surface area contributed by atoms with Crippen molar-refractivity contribution in [1.29, 1.82) is 0 Å². The predicted molar refractivity (Wildman–Crippen MR) is 343 cm³/mol. The minimum absolute atomic E-state index is 0.0970. The van der Waals surface area contributed by atoms with E-state index in [0.29, 0.717) is 19.3 Å². The zero-order chi connectivity index (χ0) is 57.1. The number of hydrogen-bond donors (Lipinski definition) is 0. The van der Waals surface area contributed by atoms with Crippen molar-refractivity contribution in [1.82, 2.24) is 0 Å². The smallest absolute Gasteiger partial charge is 0.306 e. The molecule has 0 rings (SSSR count). The van der Waals surface area contributed by atoms with Gasteiger partial charge in [-0.05, 0) is 148 Å². The summed E-state index contributed by atoms with van der Waals surface area (Å²) in [6.45, 7) is 6.46. The molecular formula is C73H118O6. The van der Waals surface area contributed by atoms with Gasteiger partial charge in [0.1, 0.15) is 13.2 Å². The van der Waals surface area contributed by atoms with Crippen LogP contribution in [0, 0.1) is 0 Å². The number of rotatable bonds is 57. The molecule has 0 aliphatic carbocycles. The summed E-state index contributed by atoms with van der Waals surface area (Å²) in [7, 11) is 0. The van der Waals surface area contributed by atoms with Gasteiger partial charge in [-0.1, -0.05) is 256 Å². The summed E-state index contributed by atoms with van der Waals surface area (Å²) >= 11 is 0. The summed E-state index contributed by atoms with van der Waals surface area (Å²) in [5, 5.41) is 0. The highest BCUT2D eigenvalue weighted by molar-refractivity contribution is 5.71. The first-order valence-corrected chi connectivity index (χ1v) is 32.3. The quantitative estimate of drug-likeness (QED) is 0.0261. The summed E-state index contributed by atoms with van der Waals surface area (Å²) in [6.07, 6.45) is 94.3. The fourth-order valence-corrected chi connectivity index (χ4v) is 8.46. The van der Waals surface area contributed by atoms with Gasteiger partial charge in [-0.15, -0.1) is 0 Å². The summed E-state index contributed by atoms with van der Waals surface area (Å²) in [6, 6.07) is 0. The number of esters is 3. The van der Waals surface area contributed by atoms with Gasteiger partial charge in [0.2, 0.25) is 0 Å². The predicted octanol–water partition coefficient (Wildman–Crippen LogP) is 22.3. The van der Waals surface area contributed by atoms with Crippen molar-refractivity contribution in [3.05, 3.63) is 146 Å². The third kappa shape index (κ3) is 64.0. The third-order valence-corrected chi connectivity index (χ3v) is 13.3. The standard InChI is InChI=1S/C73H118O6/c1-4-7-10-13-16-19-22-25-26-27-28-29-30-31-32-33-34-35-36-37-38-39-40-41-42-43-44-45-46-49-51-54-57-60-63-66-72(75)78-69-70(79-73(76)67-64-61-58-55-52-48-24-21-18-15-12-9-6-3)68-77-71(74)65-62-59-56-53-50-47-23-20-17-14-11-8-5-2/h7,10,16,19-21,23-26,28-29,31-32,34-35,37-38,40-41,43-44,46,49,70H,4-6,8-9,11-15,17-18,22,27,30,33,36,39,42,45,47-48,50-69H2,1-3H3/b10-7-,19-16-,23-20-,24-21-,26-25-,29-28-,32-31-,35-34-,38-37-,41-40-,44-43-,49-46-. The van der Waals surface area contributed by atoms with Gasteiger partial charge in [-0.25, -0.2) is 0 Å². The van der Waals surface area contributed by atoms with Gasteiger partial charge in [-0.2, -0.15) is 0 Å². The first-order valence-electron chi connectivity index (χ1n) is 32.3. The van der Waals surface area contributed by atoms with Gasteiger partial charge in [0.25, 0.3) is 0 Å². The Bertz CT molecular complexity index is 1730. The lowest BCUT2D eigenvalue weighted by atomic mass is 10.1. The van der Waals surface area contributed by atoms with E-state index in [1.807, 2.05) is 0 Å². The molecule has 0 aromatic rings. The Kier molecular flexibility index (Phi) is 61.9. The number of allylic oxidation sites excluding steroid dienone is 24. The Balaban J connectivity index is 4.30. The Hall–Kier alpha value is -4.71. The molecule has 0 spiro atoms. The molecule has 0 amide bonds. The molecule has 446 valence electrons. The first kappa shape index (κ1) is 74.3. The molecule has 0 saturated heterocycles. The molecule has 0 heterocycles. The highest BCUT2D eigenvalue weighted by Crippen LogP contribution is 2.14. The molecule has 1 atom stereocenters. The summed E-state index contributed by atoms with van der Waals surface area (Å²) < 4.78 is 16.8. The molecule has 6 heteroatoms. The van der Waals surface area contributed by atoms with Crippen LogP contribution < -0.4 is 0 Å². The van der Waals surface area contributed by atoms with Crippen molar-refractivity contribution in [3.63, 3.8) is 0 Å². The monoisotopic (exact) mass is 1090 g/mol. The Labute approximate surface area is 487 Å². The van der Waals surface area contributed by atoms with Gasteiger partial charge >= 0.3 is 17.9 Å². The second kappa shape index (κ2) is 65.8. The zero-order valence-corrected chi connectivity index (χ0v) is 51.1. The van der Waals surface area contributed by atoms with Crippen molar-refractivity contribution in [2.75, 3.05) is 13.2 Å². The molecule has 0 bridgehead atoms. The highest BCUT2D eigenvalue weighted by atomic mass is 16.6.